The van der Waals surface area contributed by atoms with E-state index in [1.807, 2.05) is 45.9 Å². The van der Waals surface area contributed by atoms with Crippen LogP contribution in [-0.4, -0.2) is 49.4 Å². The fraction of sp³-hybridized carbons (Fsp3) is 0.667. The molecule has 1 N–H and O–H groups in total. The molecule has 1 aliphatic heterocycles. The average molecular weight is 397 g/mol. The van der Waals surface area contributed by atoms with Gasteiger partial charge in [0, 0.05) is 24.7 Å². The Hall–Kier alpha value is -1.46. The number of piperidine rings is 1. The van der Waals surface area contributed by atoms with Crippen molar-refractivity contribution < 1.29 is 14.3 Å². The van der Waals surface area contributed by atoms with Gasteiger partial charge in [-0.15, -0.1) is 0 Å². The average Bonchev–Trinajstić information content (AvgIpc) is 2.59. The van der Waals surface area contributed by atoms with E-state index in [0.717, 1.165) is 55.2 Å². The summed E-state index contributed by atoms with van der Waals surface area (Å²) >= 11 is 6.16. The largest absolute Gasteiger partial charge is 0.494 e. The molecule has 1 heterocycles. The molecule has 152 valence electrons. The van der Waals surface area contributed by atoms with Crippen molar-refractivity contribution in [3.63, 3.8) is 0 Å². The molecular formula is C21H33ClN2O3. The number of alkyl carbamates (subject to hydrolysis) is 1. The molecule has 0 aliphatic carbocycles. The quantitative estimate of drug-likeness (QED) is 0.736. The predicted octanol–water partition coefficient (Wildman–Crippen LogP) is 4.52. The number of ether oxygens (including phenoxy) is 2. The van der Waals surface area contributed by atoms with Crippen LogP contribution < -0.4 is 10.1 Å². The predicted molar refractivity (Wildman–Crippen MR) is 110 cm³/mol. The van der Waals surface area contributed by atoms with Gasteiger partial charge in [0.1, 0.15) is 11.4 Å². The minimum absolute atomic E-state index is 0.333. The third-order valence-corrected chi connectivity index (χ3v) is 4.79. The number of nitrogens with one attached hydrogen (secondary N) is 1. The summed E-state index contributed by atoms with van der Waals surface area (Å²) in [4.78, 5) is 14.3. The van der Waals surface area contributed by atoms with Crippen LogP contribution in [0.4, 0.5) is 4.79 Å². The first-order chi connectivity index (χ1) is 12.8. The van der Waals surface area contributed by atoms with E-state index in [1.165, 1.54) is 0 Å². The van der Waals surface area contributed by atoms with Gasteiger partial charge in [-0.25, -0.2) is 4.79 Å². The van der Waals surface area contributed by atoms with Crippen LogP contribution in [0.15, 0.2) is 18.2 Å². The molecule has 1 aliphatic rings. The molecule has 1 fully saturated rings. The topological polar surface area (TPSA) is 50.8 Å². The fourth-order valence-electron chi connectivity index (χ4n) is 3.38. The zero-order chi connectivity index (χ0) is 19.9. The maximum atomic E-state index is 11.9. The molecule has 2 rings (SSSR count). The second-order valence-corrected chi connectivity index (χ2v) is 8.56. The van der Waals surface area contributed by atoms with Crippen LogP contribution in [0, 0.1) is 5.92 Å². The number of carbonyl (C=O) groups excluding carboxylic acids is 1. The van der Waals surface area contributed by atoms with Gasteiger partial charge in [-0.2, -0.15) is 0 Å². The Labute approximate surface area is 168 Å². The van der Waals surface area contributed by atoms with Crippen molar-refractivity contribution in [3.8, 4) is 5.75 Å². The maximum Gasteiger partial charge on any atom is 0.407 e. The smallest absolute Gasteiger partial charge is 0.407 e. The van der Waals surface area contributed by atoms with Gasteiger partial charge in [0.25, 0.3) is 0 Å². The van der Waals surface area contributed by atoms with Crippen molar-refractivity contribution in [2.75, 3.05) is 32.8 Å². The highest BCUT2D eigenvalue weighted by atomic mass is 35.5. The minimum atomic E-state index is -0.460. The first-order valence-electron chi connectivity index (χ1n) is 9.87. The van der Waals surface area contributed by atoms with Crippen LogP contribution in [0.3, 0.4) is 0 Å². The first kappa shape index (κ1) is 21.8. The van der Waals surface area contributed by atoms with Crippen LogP contribution in [0.2, 0.25) is 5.02 Å². The molecule has 5 nitrogen and oxygen atoms in total. The van der Waals surface area contributed by atoms with Gasteiger partial charge in [0.15, 0.2) is 0 Å². The lowest BCUT2D eigenvalue weighted by Gasteiger charge is -2.33. The number of rotatable bonds is 7. The van der Waals surface area contributed by atoms with Crippen LogP contribution in [0.5, 0.6) is 5.75 Å². The van der Waals surface area contributed by atoms with Crippen LogP contribution >= 0.6 is 11.6 Å². The van der Waals surface area contributed by atoms with Crippen molar-refractivity contribution in [1.29, 1.82) is 0 Å². The lowest BCUT2D eigenvalue weighted by Crippen LogP contribution is -2.42. The van der Waals surface area contributed by atoms with Gasteiger partial charge >= 0.3 is 6.09 Å². The van der Waals surface area contributed by atoms with Crippen molar-refractivity contribution >= 4 is 17.7 Å². The zero-order valence-corrected chi connectivity index (χ0v) is 17.8. The number of halogens is 1. The summed E-state index contributed by atoms with van der Waals surface area (Å²) in [6, 6.07) is 5.82. The standard InChI is InChI=1S/C21H33ClN2O3/c1-5-26-19-9-8-18(22)13-17(19)10-12-24-11-6-7-16(15-24)14-23-20(25)27-21(2,3)4/h8-9,13,16H,5-7,10-12,14-15H2,1-4H3,(H,23,25)/t16-/m0/s1. The zero-order valence-electron chi connectivity index (χ0n) is 17.0. The Kier molecular flexibility index (Phi) is 8.24. The van der Waals surface area contributed by atoms with Crippen molar-refractivity contribution in [1.82, 2.24) is 10.2 Å². The number of likely N-dealkylation sites (tertiary alicyclic amines) is 1. The lowest BCUT2D eigenvalue weighted by atomic mass is 9.97. The monoisotopic (exact) mass is 396 g/mol. The van der Waals surface area contributed by atoms with E-state index in [1.54, 1.807) is 0 Å². The van der Waals surface area contributed by atoms with E-state index >= 15 is 0 Å². The number of benzene rings is 1. The molecule has 6 heteroatoms. The third-order valence-electron chi connectivity index (χ3n) is 4.56. The Bertz CT molecular complexity index is 616. The fourth-order valence-corrected chi connectivity index (χ4v) is 3.58. The molecular weight excluding hydrogens is 364 g/mol. The first-order valence-corrected chi connectivity index (χ1v) is 10.2. The second kappa shape index (κ2) is 10.2. The molecule has 0 radical (unpaired) electrons. The molecule has 1 saturated heterocycles. The summed E-state index contributed by atoms with van der Waals surface area (Å²) in [7, 11) is 0. The maximum absolute atomic E-state index is 11.9. The molecule has 0 bridgehead atoms. The van der Waals surface area contributed by atoms with Gasteiger partial charge in [0.05, 0.1) is 6.61 Å². The highest BCUT2D eigenvalue weighted by Gasteiger charge is 2.22. The van der Waals surface area contributed by atoms with E-state index in [9.17, 15) is 4.79 Å². The minimum Gasteiger partial charge on any atom is -0.494 e. The molecule has 0 spiro atoms. The molecule has 27 heavy (non-hydrogen) atoms. The van der Waals surface area contributed by atoms with Gasteiger partial charge in [-0.3, -0.25) is 0 Å². The highest BCUT2D eigenvalue weighted by Crippen LogP contribution is 2.24. The van der Waals surface area contributed by atoms with Gasteiger partial charge in [-0.1, -0.05) is 11.6 Å². The number of hydrogen-bond acceptors (Lipinski definition) is 4. The number of nitrogens with zero attached hydrogens (tertiary/aromatic N) is 1. The third kappa shape index (κ3) is 7.97. The van der Waals surface area contributed by atoms with E-state index < -0.39 is 5.60 Å². The second-order valence-electron chi connectivity index (χ2n) is 8.13. The van der Waals surface area contributed by atoms with Crippen molar-refractivity contribution in [2.45, 2.75) is 52.6 Å². The summed E-state index contributed by atoms with van der Waals surface area (Å²) in [6.07, 6.45) is 2.85. The number of amides is 1. The van der Waals surface area contributed by atoms with E-state index in [2.05, 4.69) is 10.2 Å². The molecule has 0 saturated carbocycles. The molecule has 0 aromatic heterocycles. The van der Waals surface area contributed by atoms with Crippen LogP contribution in [0.1, 0.15) is 46.1 Å². The van der Waals surface area contributed by atoms with Crippen LogP contribution in [-0.2, 0) is 11.2 Å². The van der Waals surface area contributed by atoms with E-state index in [0.29, 0.717) is 19.1 Å². The lowest BCUT2D eigenvalue weighted by molar-refractivity contribution is 0.0507. The summed E-state index contributed by atoms with van der Waals surface area (Å²) in [5.41, 5.74) is 0.691. The highest BCUT2D eigenvalue weighted by molar-refractivity contribution is 6.30. The summed E-state index contributed by atoms with van der Waals surface area (Å²) in [6.45, 7) is 12.0. The molecule has 1 aromatic rings. The van der Waals surface area contributed by atoms with Crippen molar-refractivity contribution in [3.05, 3.63) is 28.8 Å². The molecule has 1 aromatic carbocycles. The Morgan fingerprint density at radius 3 is 2.85 bits per heavy atom. The summed E-state index contributed by atoms with van der Waals surface area (Å²) in [5, 5.41) is 3.65. The Morgan fingerprint density at radius 2 is 2.15 bits per heavy atom. The summed E-state index contributed by atoms with van der Waals surface area (Å²) in [5.74, 6) is 1.37. The van der Waals surface area contributed by atoms with Gasteiger partial charge in [-0.05, 0) is 83.2 Å². The number of carbonyl (C=O) groups is 1. The Balaban J connectivity index is 1.81. The SMILES string of the molecule is CCOc1ccc(Cl)cc1CCN1CCC[C@@H](CNC(=O)OC(C)(C)C)C1. The van der Waals surface area contributed by atoms with E-state index in [4.69, 9.17) is 21.1 Å². The molecule has 1 amide bonds. The normalized spacial score (nSPS) is 18.2. The molecule has 1 atom stereocenters. The van der Waals surface area contributed by atoms with Gasteiger partial charge in [0.2, 0.25) is 0 Å². The van der Waals surface area contributed by atoms with Crippen molar-refractivity contribution in [2.24, 2.45) is 5.92 Å². The summed E-state index contributed by atoms with van der Waals surface area (Å²) < 4.78 is 11.0. The van der Waals surface area contributed by atoms with Crippen LogP contribution in [0.25, 0.3) is 0 Å². The van der Waals surface area contributed by atoms with Gasteiger partial charge < -0.3 is 19.7 Å². The molecule has 0 unspecified atom stereocenters. The van der Waals surface area contributed by atoms with E-state index in [-0.39, 0.29) is 6.09 Å². The number of hydrogen-bond donors (Lipinski definition) is 1. The Morgan fingerprint density at radius 1 is 1.37 bits per heavy atom.